The van der Waals surface area contributed by atoms with Crippen LogP contribution in [0.1, 0.15) is 42.1 Å². The van der Waals surface area contributed by atoms with Gasteiger partial charge in [0, 0.05) is 11.3 Å². The summed E-state index contributed by atoms with van der Waals surface area (Å²) in [5.41, 5.74) is 2.61. The van der Waals surface area contributed by atoms with Crippen LogP contribution in [0.2, 0.25) is 0 Å². The Morgan fingerprint density at radius 2 is 1.92 bits per heavy atom. The SMILES string of the molecule is CC[C@@H](C)c1ccc(NC(=S)NC(=O)c2ccc(OC)c(Br)c2)cc1. The molecule has 0 radical (unpaired) electrons. The van der Waals surface area contributed by atoms with Gasteiger partial charge in [-0.3, -0.25) is 10.1 Å². The number of nitrogens with one attached hydrogen (secondary N) is 2. The first-order valence-corrected chi connectivity index (χ1v) is 9.20. The van der Waals surface area contributed by atoms with Crippen molar-refractivity contribution in [2.45, 2.75) is 26.2 Å². The molecule has 2 aromatic rings. The molecule has 2 aromatic carbocycles. The van der Waals surface area contributed by atoms with Crippen LogP contribution in [0.5, 0.6) is 5.75 Å². The summed E-state index contributed by atoms with van der Waals surface area (Å²) in [6.45, 7) is 4.36. The lowest BCUT2D eigenvalue weighted by Gasteiger charge is -2.12. The van der Waals surface area contributed by atoms with E-state index in [1.165, 1.54) is 5.56 Å². The molecule has 0 saturated heterocycles. The summed E-state index contributed by atoms with van der Waals surface area (Å²) in [6, 6.07) is 13.2. The van der Waals surface area contributed by atoms with Crippen LogP contribution in [-0.2, 0) is 0 Å². The highest BCUT2D eigenvalue weighted by Gasteiger charge is 2.11. The van der Waals surface area contributed by atoms with Crippen LogP contribution < -0.4 is 15.4 Å². The number of ether oxygens (including phenoxy) is 1. The minimum Gasteiger partial charge on any atom is -0.496 e. The van der Waals surface area contributed by atoms with Gasteiger partial charge in [0.2, 0.25) is 0 Å². The number of amides is 1. The molecule has 132 valence electrons. The molecule has 2 N–H and O–H groups in total. The lowest BCUT2D eigenvalue weighted by atomic mass is 9.99. The molecule has 0 heterocycles. The van der Waals surface area contributed by atoms with E-state index in [0.29, 0.717) is 21.7 Å². The van der Waals surface area contributed by atoms with E-state index in [9.17, 15) is 4.79 Å². The van der Waals surface area contributed by atoms with Crippen molar-refractivity contribution < 1.29 is 9.53 Å². The van der Waals surface area contributed by atoms with Crippen LogP contribution in [0.4, 0.5) is 5.69 Å². The highest BCUT2D eigenvalue weighted by molar-refractivity contribution is 9.10. The zero-order valence-electron chi connectivity index (χ0n) is 14.4. The van der Waals surface area contributed by atoms with Gasteiger partial charge in [-0.05, 0) is 76.4 Å². The first-order valence-electron chi connectivity index (χ1n) is 8.00. The minimum atomic E-state index is -0.280. The van der Waals surface area contributed by atoms with Crippen LogP contribution >= 0.6 is 28.1 Å². The fourth-order valence-electron chi connectivity index (χ4n) is 2.28. The molecule has 6 heteroatoms. The van der Waals surface area contributed by atoms with Crippen LogP contribution in [0.25, 0.3) is 0 Å². The fraction of sp³-hybridized carbons (Fsp3) is 0.263. The minimum absolute atomic E-state index is 0.258. The summed E-state index contributed by atoms with van der Waals surface area (Å²) in [4.78, 5) is 12.3. The predicted molar refractivity (Wildman–Crippen MR) is 110 cm³/mol. The van der Waals surface area contributed by atoms with Gasteiger partial charge in [0.25, 0.3) is 5.91 Å². The molecule has 1 amide bonds. The lowest BCUT2D eigenvalue weighted by molar-refractivity contribution is 0.0977. The van der Waals surface area contributed by atoms with Crippen LogP contribution in [-0.4, -0.2) is 18.1 Å². The summed E-state index contributed by atoms with van der Waals surface area (Å²) in [5, 5.41) is 5.96. The summed E-state index contributed by atoms with van der Waals surface area (Å²) >= 11 is 8.59. The topological polar surface area (TPSA) is 50.4 Å². The Bertz CT molecular complexity index is 763. The second-order valence-electron chi connectivity index (χ2n) is 5.69. The Morgan fingerprint density at radius 1 is 1.24 bits per heavy atom. The third-order valence-corrected chi connectivity index (χ3v) is 4.81. The van der Waals surface area contributed by atoms with Crippen molar-refractivity contribution in [3.8, 4) is 5.75 Å². The highest BCUT2D eigenvalue weighted by atomic mass is 79.9. The smallest absolute Gasteiger partial charge is 0.257 e. The van der Waals surface area contributed by atoms with Crippen molar-refractivity contribution in [1.29, 1.82) is 0 Å². The quantitative estimate of drug-likeness (QED) is 0.660. The van der Waals surface area contributed by atoms with Crippen molar-refractivity contribution in [3.63, 3.8) is 0 Å². The first-order chi connectivity index (χ1) is 11.9. The number of methoxy groups -OCH3 is 1. The molecule has 0 aliphatic rings. The predicted octanol–water partition coefficient (Wildman–Crippen LogP) is 5.10. The zero-order chi connectivity index (χ0) is 18.4. The Labute approximate surface area is 162 Å². The number of rotatable bonds is 5. The van der Waals surface area contributed by atoms with Gasteiger partial charge < -0.3 is 10.1 Å². The van der Waals surface area contributed by atoms with E-state index < -0.39 is 0 Å². The molecule has 0 unspecified atom stereocenters. The Morgan fingerprint density at radius 3 is 2.48 bits per heavy atom. The normalized spacial score (nSPS) is 11.5. The largest absolute Gasteiger partial charge is 0.496 e. The van der Waals surface area contributed by atoms with Gasteiger partial charge >= 0.3 is 0 Å². The van der Waals surface area contributed by atoms with Crippen molar-refractivity contribution in [2.24, 2.45) is 0 Å². The number of thiocarbonyl (C=S) groups is 1. The summed E-state index contributed by atoms with van der Waals surface area (Å²) in [7, 11) is 1.57. The maximum Gasteiger partial charge on any atom is 0.257 e. The second-order valence-corrected chi connectivity index (χ2v) is 6.95. The molecule has 0 aliphatic carbocycles. The molecule has 25 heavy (non-hydrogen) atoms. The molecule has 0 saturated carbocycles. The van der Waals surface area contributed by atoms with Gasteiger partial charge in [-0.2, -0.15) is 0 Å². The summed E-state index contributed by atoms with van der Waals surface area (Å²) < 4.78 is 5.87. The molecule has 0 fully saturated rings. The van der Waals surface area contributed by atoms with Crippen LogP contribution in [0, 0.1) is 0 Å². The number of hydrogen-bond acceptors (Lipinski definition) is 3. The lowest BCUT2D eigenvalue weighted by Crippen LogP contribution is -2.34. The molecule has 1 atom stereocenters. The number of halogens is 1. The molecular weight excluding hydrogens is 400 g/mol. The van der Waals surface area contributed by atoms with E-state index >= 15 is 0 Å². The van der Waals surface area contributed by atoms with Gasteiger partial charge in [-0.15, -0.1) is 0 Å². The van der Waals surface area contributed by atoms with Crippen LogP contribution in [0.15, 0.2) is 46.9 Å². The van der Waals surface area contributed by atoms with E-state index in [2.05, 4.69) is 52.5 Å². The van der Waals surface area contributed by atoms with Gasteiger partial charge in [-0.25, -0.2) is 0 Å². The fourth-order valence-corrected chi connectivity index (χ4v) is 3.03. The van der Waals surface area contributed by atoms with Crippen molar-refractivity contribution in [2.75, 3.05) is 12.4 Å². The highest BCUT2D eigenvalue weighted by Crippen LogP contribution is 2.25. The maximum absolute atomic E-state index is 12.3. The van der Waals surface area contributed by atoms with Crippen molar-refractivity contribution in [3.05, 3.63) is 58.1 Å². The average molecular weight is 421 g/mol. The Balaban J connectivity index is 1.97. The van der Waals surface area contributed by atoms with E-state index in [0.717, 1.165) is 12.1 Å². The van der Waals surface area contributed by atoms with E-state index in [1.54, 1.807) is 25.3 Å². The van der Waals surface area contributed by atoms with Gasteiger partial charge in [-0.1, -0.05) is 26.0 Å². The molecule has 0 bridgehead atoms. The molecule has 0 aromatic heterocycles. The third kappa shape index (κ3) is 5.28. The number of hydrogen-bond donors (Lipinski definition) is 2. The third-order valence-electron chi connectivity index (χ3n) is 3.99. The second kappa shape index (κ2) is 8.97. The van der Waals surface area contributed by atoms with E-state index in [-0.39, 0.29) is 11.0 Å². The standard InChI is InChI=1S/C19H21BrN2O2S/c1-4-12(2)13-5-8-15(9-6-13)21-19(25)22-18(23)14-7-10-17(24-3)16(20)11-14/h5-12H,4H2,1-3H3,(H2,21,22,23,25)/t12-/m1/s1. The monoisotopic (exact) mass is 420 g/mol. The number of carbonyl (C=O) groups is 1. The molecule has 4 nitrogen and oxygen atoms in total. The molecule has 2 rings (SSSR count). The van der Waals surface area contributed by atoms with Crippen LogP contribution in [0.3, 0.4) is 0 Å². The zero-order valence-corrected chi connectivity index (χ0v) is 16.8. The van der Waals surface area contributed by atoms with E-state index in [4.69, 9.17) is 17.0 Å². The number of carbonyl (C=O) groups excluding carboxylic acids is 1. The Kier molecular flexibility index (Phi) is 6.96. The molecular formula is C19H21BrN2O2S. The molecule has 0 aliphatic heterocycles. The number of anilines is 1. The molecule has 0 spiro atoms. The Hall–Kier alpha value is -1.92. The van der Waals surface area contributed by atoms with E-state index in [1.807, 2.05) is 12.1 Å². The summed E-state index contributed by atoms with van der Waals surface area (Å²) in [6.07, 6.45) is 1.10. The van der Waals surface area contributed by atoms with Gasteiger partial charge in [0.05, 0.1) is 11.6 Å². The summed E-state index contributed by atoms with van der Waals surface area (Å²) in [5.74, 6) is 0.907. The van der Waals surface area contributed by atoms with Crippen molar-refractivity contribution in [1.82, 2.24) is 5.32 Å². The number of benzene rings is 2. The van der Waals surface area contributed by atoms with Gasteiger partial charge in [0.15, 0.2) is 5.11 Å². The van der Waals surface area contributed by atoms with Gasteiger partial charge in [0.1, 0.15) is 5.75 Å². The first kappa shape index (κ1) is 19.4. The van der Waals surface area contributed by atoms with Crippen molar-refractivity contribution >= 4 is 44.9 Å². The average Bonchev–Trinajstić information content (AvgIpc) is 2.61. The maximum atomic E-state index is 12.3.